The minimum atomic E-state index is -0.220. The highest BCUT2D eigenvalue weighted by molar-refractivity contribution is 7.99. The molecule has 28 heavy (non-hydrogen) atoms. The fourth-order valence-corrected chi connectivity index (χ4v) is 4.53. The number of benzene rings is 1. The summed E-state index contributed by atoms with van der Waals surface area (Å²) >= 11 is 1.45. The van der Waals surface area contributed by atoms with Crippen LogP contribution in [-0.4, -0.2) is 15.3 Å². The fraction of sp³-hybridized carbons (Fsp3) is 0.455. The minimum Gasteiger partial charge on any atom is -0.287 e. The molecule has 1 atom stereocenters. The zero-order valence-electron chi connectivity index (χ0n) is 15.9. The minimum absolute atomic E-state index is 0.0185. The van der Waals surface area contributed by atoms with Gasteiger partial charge in [0.25, 0.3) is 5.56 Å². The van der Waals surface area contributed by atoms with Crippen LogP contribution in [-0.2, 0) is 6.54 Å². The van der Waals surface area contributed by atoms with Gasteiger partial charge in [0, 0.05) is 18.7 Å². The van der Waals surface area contributed by atoms with Crippen LogP contribution in [0.4, 0.5) is 0 Å². The van der Waals surface area contributed by atoms with Crippen molar-refractivity contribution >= 4 is 22.7 Å². The maximum Gasteiger partial charge on any atom is 0.262 e. The number of rotatable bonds is 8. The zero-order chi connectivity index (χ0) is 19.8. The molecule has 0 unspecified atom stereocenters. The van der Waals surface area contributed by atoms with Crippen molar-refractivity contribution in [2.45, 2.75) is 56.6 Å². The van der Waals surface area contributed by atoms with Crippen LogP contribution in [0.1, 0.15) is 44.9 Å². The molecular weight excluding hydrogens is 368 g/mol. The standard InChI is InChI=1S/C22H24N4OS/c23-13-6-9-18(15-24)16-28-22-25-20-11-5-4-10-19(20)21(27)26(22)14-12-17-7-2-1-3-8-17/h4-5,7,10-11,18H,1-3,6,8-9,12,14,16H2/t18-/m0/s1. The zero-order valence-corrected chi connectivity index (χ0v) is 16.7. The molecule has 0 saturated heterocycles. The predicted octanol–water partition coefficient (Wildman–Crippen LogP) is 4.82. The molecule has 2 aromatic rings. The second-order valence-electron chi connectivity index (χ2n) is 7.06. The fourth-order valence-electron chi connectivity index (χ4n) is 3.44. The van der Waals surface area contributed by atoms with E-state index in [9.17, 15) is 10.1 Å². The molecule has 0 aliphatic heterocycles. The number of allylic oxidation sites excluding steroid dienone is 2. The third kappa shape index (κ3) is 5.03. The maximum absolute atomic E-state index is 13.1. The summed E-state index contributed by atoms with van der Waals surface area (Å²) in [5.41, 5.74) is 2.09. The van der Waals surface area contributed by atoms with Crippen LogP contribution < -0.4 is 5.56 Å². The number of para-hydroxylation sites is 1. The smallest absolute Gasteiger partial charge is 0.262 e. The third-order valence-electron chi connectivity index (χ3n) is 5.07. The number of nitrogens with zero attached hydrogens (tertiary/aromatic N) is 4. The second kappa shape index (κ2) is 10.1. The van der Waals surface area contributed by atoms with Gasteiger partial charge < -0.3 is 0 Å². The van der Waals surface area contributed by atoms with Crippen molar-refractivity contribution in [3.05, 3.63) is 46.3 Å². The summed E-state index contributed by atoms with van der Waals surface area (Å²) in [6, 6.07) is 11.8. The first-order valence-electron chi connectivity index (χ1n) is 9.79. The lowest BCUT2D eigenvalue weighted by molar-refractivity contribution is 0.568. The van der Waals surface area contributed by atoms with Gasteiger partial charge in [0.2, 0.25) is 0 Å². The molecule has 1 aromatic carbocycles. The number of hydrogen-bond acceptors (Lipinski definition) is 5. The normalized spacial score (nSPS) is 14.9. The Labute approximate surface area is 169 Å². The van der Waals surface area contributed by atoms with Crippen LogP contribution in [0, 0.1) is 28.6 Å². The van der Waals surface area contributed by atoms with Crippen LogP contribution in [0.2, 0.25) is 0 Å². The first-order valence-corrected chi connectivity index (χ1v) is 10.8. The van der Waals surface area contributed by atoms with Crippen molar-refractivity contribution in [3.8, 4) is 12.1 Å². The van der Waals surface area contributed by atoms with E-state index in [0.717, 1.165) is 19.3 Å². The molecule has 144 valence electrons. The van der Waals surface area contributed by atoms with E-state index in [4.69, 9.17) is 10.2 Å². The first-order chi connectivity index (χ1) is 13.7. The Morgan fingerprint density at radius 3 is 2.86 bits per heavy atom. The predicted molar refractivity (Wildman–Crippen MR) is 112 cm³/mol. The molecule has 1 aliphatic rings. The van der Waals surface area contributed by atoms with Gasteiger partial charge in [0.15, 0.2) is 5.16 Å². The van der Waals surface area contributed by atoms with E-state index in [2.05, 4.69) is 18.2 Å². The first kappa shape index (κ1) is 20.2. The molecule has 0 amide bonds. The van der Waals surface area contributed by atoms with Crippen molar-refractivity contribution in [2.24, 2.45) is 5.92 Å². The molecule has 0 bridgehead atoms. The third-order valence-corrected chi connectivity index (χ3v) is 6.21. The number of fused-ring (bicyclic) bond motifs is 1. The van der Waals surface area contributed by atoms with Crippen LogP contribution in [0.25, 0.3) is 10.9 Å². The molecule has 0 N–H and O–H groups in total. The van der Waals surface area contributed by atoms with Gasteiger partial charge in [-0.2, -0.15) is 10.5 Å². The average Bonchev–Trinajstić information content (AvgIpc) is 2.74. The lowest BCUT2D eigenvalue weighted by atomic mass is 9.97. The van der Waals surface area contributed by atoms with E-state index in [-0.39, 0.29) is 11.5 Å². The van der Waals surface area contributed by atoms with Gasteiger partial charge in [-0.15, -0.1) is 0 Å². The number of hydrogen-bond donors (Lipinski definition) is 0. The highest BCUT2D eigenvalue weighted by Crippen LogP contribution is 2.24. The number of aromatic nitrogens is 2. The Hall–Kier alpha value is -2.57. The molecule has 5 nitrogen and oxygen atoms in total. The molecule has 0 spiro atoms. The van der Waals surface area contributed by atoms with E-state index < -0.39 is 0 Å². The van der Waals surface area contributed by atoms with E-state index in [1.165, 1.54) is 30.2 Å². The van der Waals surface area contributed by atoms with Crippen LogP contribution in [0.5, 0.6) is 0 Å². The monoisotopic (exact) mass is 392 g/mol. The molecule has 0 radical (unpaired) electrons. The molecule has 1 aromatic heterocycles. The van der Waals surface area contributed by atoms with Gasteiger partial charge in [-0.05, 0) is 50.7 Å². The van der Waals surface area contributed by atoms with Crippen LogP contribution >= 0.6 is 11.8 Å². The summed E-state index contributed by atoms with van der Waals surface area (Å²) in [6.45, 7) is 0.611. The van der Waals surface area contributed by atoms with Crippen LogP contribution in [0.15, 0.2) is 45.9 Å². The van der Waals surface area contributed by atoms with Gasteiger partial charge in [0.05, 0.1) is 29.0 Å². The van der Waals surface area contributed by atoms with E-state index in [0.29, 0.717) is 41.2 Å². The summed E-state index contributed by atoms with van der Waals surface area (Å²) in [5, 5.41) is 19.4. The number of thioether (sulfide) groups is 1. The topological polar surface area (TPSA) is 82.5 Å². The molecule has 6 heteroatoms. The summed E-state index contributed by atoms with van der Waals surface area (Å²) in [6.07, 6.45) is 8.80. The SMILES string of the molecule is N#CCC[C@@H](C#N)CSc1nc2ccccc2c(=O)n1CCC1=CCCCC1. The molecular formula is C22H24N4OS. The molecule has 3 rings (SSSR count). The van der Waals surface area contributed by atoms with Crippen LogP contribution in [0.3, 0.4) is 0 Å². The van der Waals surface area contributed by atoms with E-state index in [1.54, 1.807) is 4.57 Å². The Balaban J connectivity index is 1.86. The highest BCUT2D eigenvalue weighted by atomic mass is 32.2. The summed E-state index contributed by atoms with van der Waals surface area (Å²) in [7, 11) is 0. The van der Waals surface area contributed by atoms with Gasteiger partial charge in [-0.1, -0.05) is 35.5 Å². The Morgan fingerprint density at radius 1 is 1.25 bits per heavy atom. The highest BCUT2D eigenvalue weighted by Gasteiger charge is 2.15. The quantitative estimate of drug-likeness (QED) is 0.365. The van der Waals surface area contributed by atoms with Gasteiger partial charge in [-0.3, -0.25) is 9.36 Å². The Bertz CT molecular complexity index is 996. The van der Waals surface area contributed by atoms with Crippen molar-refractivity contribution in [1.82, 2.24) is 9.55 Å². The Morgan fingerprint density at radius 2 is 2.11 bits per heavy atom. The average molecular weight is 393 g/mol. The van der Waals surface area contributed by atoms with Crippen molar-refractivity contribution in [2.75, 3.05) is 5.75 Å². The van der Waals surface area contributed by atoms with Gasteiger partial charge in [0.1, 0.15) is 0 Å². The van der Waals surface area contributed by atoms with E-state index in [1.807, 2.05) is 24.3 Å². The molecule has 1 aliphatic carbocycles. The summed E-state index contributed by atoms with van der Waals surface area (Å²) in [4.78, 5) is 17.8. The molecule has 1 heterocycles. The second-order valence-corrected chi connectivity index (χ2v) is 8.05. The lowest BCUT2D eigenvalue weighted by Gasteiger charge is -2.16. The lowest BCUT2D eigenvalue weighted by Crippen LogP contribution is -2.24. The van der Waals surface area contributed by atoms with Gasteiger partial charge in [-0.25, -0.2) is 4.98 Å². The summed E-state index contributed by atoms with van der Waals surface area (Å²) in [5.74, 6) is 0.314. The molecule has 0 fully saturated rings. The molecule has 0 saturated carbocycles. The van der Waals surface area contributed by atoms with Crippen molar-refractivity contribution in [3.63, 3.8) is 0 Å². The summed E-state index contributed by atoms with van der Waals surface area (Å²) < 4.78 is 1.77. The van der Waals surface area contributed by atoms with E-state index >= 15 is 0 Å². The Kier molecular flexibility index (Phi) is 7.28. The van der Waals surface area contributed by atoms with Crippen molar-refractivity contribution in [1.29, 1.82) is 10.5 Å². The van der Waals surface area contributed by atoms with Gasteiger partial charge >= 0.3 is 0 Å². The number of nitriles is 2. The largest absolute Gasteiger partial charge is 0.287 e. The van der Waals surface area contributed by atoms with Crippen molar-refractivity contribution < 1.29 is 0 Å². The maximum atomic E-state index is 13.1.